The van der Waals surface area contributed by atoms with Crippen molar-refractivity contribution in [1.29, 1.82) is 0 Å². The van der Waals surface area contributed by atoms with E-state index in [4.69, 9.17) is 26.4 Å². The molecule has 0 fully saturated rings. The van der Waals surface area contributed by atoms with Gasteiger partial charge in [-0.05, 0) is 17.7 Å². The van der Waals surface area contributed by atoms with Gasteiger partial charge in [0.05, 0.1) is 27.9 Å². The van der Waals surface area contributed by atoms with E-state index in [0.29, 0.717) is 30.3 Å². The van der Waals surface area contributed by atoms with Crippen LogP contribution in [0.2, 0.25) is 0 Å². The van der Waals surface area contributed by atoms with Crippen LogP contribution in [0, 0.1) is 12.3 Å². The first-order valence-corrected chi connectivity index (χ1v) is 5.88. The summed E-state index contributed by atoms with van der Waals surface area (Å²) in [4.78, 5) is 0. The third kappa shape index (κ3) is 3.53. The number of rotatable bonds is 7. The Morgan fingerprint density at radius 3 is 2.16 bits per heavy atom. The van der Waals surface area contributed by atoms with Crippen LogP contribution in [-0.4, -0.2) is 34.4 Å². The topological polar surface area (TPSA) is 65.7 Å². The molecule has 0 saturated heterocycles. The second-order valence-electron chi connectivity index (χ2n) is 3.83. The molecule has 0 saturated carbocycles. The third-order valence-corrected chi connectivity index (χ3v) is 2.78. The smallest absolute Gasteiger partial charge is 0.203 e. The van der Waals surface area contributed by atoms with Gasteiger partial charge < -0.3 is 19.9 Å². The molecule has 1 aromatic carbocycles. The van der Waals surface area contributed by atoms with Gasteiger partial charge in [0, 0.05) is 12.6 Å². The largest absolute Gasteiger partial charge is 0.493 e. The SMILES string of the molecule is C#CCNC(CN)c1cc(OC)c(OC)c(OC)c1. The maximum Gasteiger partial charge on any atom is 0.203 e. The molecule has 19 heavy (non-hydrogen) atoms. The van der Waals surface area contributed by atoms with Gasteiger partial charge in [0.2, 0.25) is 5.75 Å². The first-order chi connectivity index (χ1) is 9.21. The van der Waals surface area contributed by atoms with E-state index in [2.05, 4.69) is 11.2 Å². The average Bonchev–Trinajstić information content (AvgIpc) is 2.46. The highest BCUT2D eigenvalue weighted by atomic mass is 16.5. The summed E-state index contributed by atoms with van der Waals surface area (Å²) in [6, 6.07) is 3.66. The number of ether oxygens (including phenoxy) is 3. The molecule has 0 aliphatic rings. The number of terminal acetylenes is 1. The third-order valence-electron chi connectivity index (χ3n) is 2.78. The van der Waals surface area contributed by atoms with Crippen LogP contribution in [0.5, 0.6) is 17.2 Å². The van der Waals surface area contributed by atoms with Gasteiger partial charge in [-0.3, -0.25) is 5.32 Å². The molecule has 3 N–H and O–H groups in total. The Morgan fingerprint density at radius 2 is 1.79 bits per heavy atom. The lowest BCUT2D eigenvalue weighted by molar-refractivity contribution is 0.323. The van der Waals surface area contributed by atoms with Crippen LogP contribution in [0.3, 0.4) is 0 Å². The summed E-state index contributed by atoms with van der Waals surface area (Å²) in [7, 11) is 4.72. The maximum absolute atomic E-state index is 5.76. The summed E-state index contributed by atoms with van der Waals surface area (Å²) < 4.78 is 15.9. The van der Waals surface area contributed by atoms with Crippen LogP contribution in [0.4, 0.5) is 0 Å². The van der Waals surface area contributed by atoms with Crippen molar-refractivity contribution < 1.29 is 14.2 Å². The minimum Gasteiger partial charge on any atom is -0.493 e. The summed E-state index contributed by atoms with van der Waals surface area (Å²) in [5.74, 6) is 4.28. The van der Waals surface area contributed by atoms with Crippen molar-refractivity contribution in [3.63, 3.8) is 0 Å². The quantitative estimate of drug-likeness (QED) is 0.717. The molecule has 0 bridgehead atoms. The van der Waals surface area contributed by atoms with E-state index in [1.54, 1.807) is 21.3 Å². The van der Waals surface area contributed by atoms with E-state index in [1.165, 1.54) is 0 Å². The Hall–Kier alpha value is -1.90. The minimum absolute atomic E-state index is 0.0650. The fourth-order valence-electron chi connectivity index (χ4n) is 1.82. The van der Waals surface area contributed by atoms with Crippen molar-refractivity contribution in [3.05, 3.63) is 17.7 Å². The fraction of sp³-hybridized carbons (Fsp3) is 0.429. The lowest BCUT2D eigenvalue weighted by Crippen LogP contribution is -2.28. The van der Waals surface area contributed by atoms with Crippen LogP contribution < -0.4 is 25.3 Å². The van der Waals surface area contributed by atoms with Crippen molar-refractivity contribution in [2.24, 2.45) is 5.73 Å². The predicted molar refractivity (Wildman–Crippen MR) is 74.7 cm³/mol. The molecule has 0 heterocycles. The minimum atomic E-state index is -0.0650. The molecule has 5 nitrogen and oxygen atoms in total. The zero-order chi connectivity index (χ0) is 14.3. The Kier molecular flexibility index (Phi) is 6.00. The summed E-state index contributed by atoms with van der Waals surface area (Å²) in [6.45, 7) is 0.860. The second-order valence-corrected chi connectivity index (χ2v) is 3.83. The predicted octanol–water partition coefficient (Wildman–Crippen LogP) is 0.935. The van der Waals surface area contributed by atoms with Gasteiger partial charge in [-0.25, -0.2) is 0 Å². The summed E-state index contributed by atoms with van der Waals surface area (Å²) >= 11 is 0. The zero-order valence-corrected chi connectivity index (χ0v) is 11.5. The van der Waals surface area contributed by atoms with Crippen molar-refractivity contribution in [1.82, 2.24) is 5.32 Å². The van der Waals surface area contributed by atoms with Gasteiger partial charge in [-0.2, -0.15) is 0 Å². The normalized spacial score (nSPS) is 11.5. The van der Waals surface area contributed by atoms with Crippen LogP contribution in [-0.2, 0) is 0 Å². The van der Waals surface area contributed by atoms with E-state index in [0.717, 1.165) is 5.56 Å². The Labute approximate surface area is 114 Å². The van der Waals surface area contributed by atoms with Gasteiger partial charge in [0.1, 0.15) is 0 Å². The van der Waals surface area contributed by atoms with E-state index in [-0.39, 0.29) is 6.04 Å². The molecule has 0 aromatic heterocycles. The molecule has 0 spiro atoms. The summed E-state index contributed by atoms with van der Waals surface area (Å²) in [6.07, 6.45) is 5.24. The van der Waals surface area contributed by atoms with Crippen LogP contribution in [0.1, 0.15) is 11.6 Å². The Bertz CT molecular complexity index is 429. The number of hydrogen-bond acceptors (Lipinski definition) is 5. The first-order valence-electron chi connectivity index (χ1n) is 5.88. The number of benzene rings is 1. The lowest BCUT2D eigenvalue weighted by Gasteiger charge is -2.19. The summed E-state index contributed by atoms with van der Waals surface area (Å²) in [5.41, 5.74) is 6.69. The average molecular weight is 264 g/mol. The van der Waals surface area contributed by atoms with Gasteiger partial charge in [-0.1, -0.05) is 5.92 Å². The maximum atomic E-state index is 5.76. The highest BCUT2D eigenvalue weighted by Crippen LogP contribution is 2.39. The van der Waals surface area contributed by atoms with E-state index in [1.807, 2.05) is 12.1 Å². The van der Waals surface area contributed by atoms with Crippen LogP contribution in [0.25, 0.3) is 0 Å². The van der Waals surface area contributed by atoms with E-state index < -0.39 is 0 Å². The number of nitrogens with two attached hydrogens (primary N) is 1. The van der Waals surface area contributed by atoms with E-state index in [9.17, 15) is 0 Å². The molecule has 0 amide bonds. The molecule has 1 aromatic rings. The zero-order valence-electron chi connectivity index (χ0n) is 11.5. The van der Waals surface area contributed by atoms with Crippen molar-refractivity contribution >= 4 is 0 Å². The van der Waals surface area contributed by atoms with Gasteiger partial charge in [0.15, 0.2) is 11.5 Å². The van der Waals surface area contributed by atoms with Gasteiger partial charge in [-0.15, -0.1) is 6.42 Å². The molecule has 0 aliphatic heterocycles. The Balaban J connectivity index is 3.17. The monoisotopic (exact) mass is 264 g/mol. The van der Waals surface area contributed by atoms with Crippen molar-refractivity contribution in [2.75, 3.05) is 34.4 Å². The molecule has 0 radical (unpaired) electrons. The standard InChI is InChI=1S/C14H20N2O3/c1-5-6-16-11(9-15)10-7-12(17-2)14(19-4)13(8-10)18-3/h1,7-8,11,16H,6,9,15H2,2-4H3. The molecule has 1 atom stereocenters. The number of nitrogens with one attached hydrogen (secondary N) is 1. The van der Waals surface area contributed by atoms with Crippen molar-refractivity contribution in [2.45, 2.75) is 6.04 Å². The lowest BCUT2D eigenvalue weighted by atomic mass is 10.1. The van der Waals surface area contributed by atoms with Crippen LogP contribution in [0.15, 0.2) is 12.1 Å². The molecule has 0 aliphatic carbocycles. The second kappa shape index (κ2) is 7.52. The van der Waals surface area contributed by atoms with Crippen molar-refractivity contribution in [3.8, 4) is 29.6 Å². The van der Waals surface area contributed by atoms with Crippen LogP contribution >= 0.6 is 0 Å². The van der Waals surface area contributed by atoms with Gasteiger partial charge in [0.25, 0.3) is 0 Å². The number of hydrogen-bond donors (Lipinski definition) is 2. The van der Waals surface area contributed by atoms with E-state index >= 15 is 0 Å². The summed E-state index contributed by atoms with van der Waals surface area (Å²) in [5, 5.41) is 3.16. The highest BCUT2D eigenvalue weighted by Gasteiger charge is 2.17. The molecule has 104 valence electrons. The molecule has 5 heteroatoms. The molecular weight excluding hydrogens is 244 g/mol. The molecule has 1 rings (SSSR count). The fourth-order valence-corrected chi connectivity index (χ4v) is 1.82. The Morgan fingerprint density at radius 1 is 1.21 bits per heavy atom. The molecular formula is C14H20N2O3. The first kappa shape index (κ1) is 15.2. The molecule has 1 unspecified atom stereocenters. The highest BCUT2D eigenvalue weighted by molar-refractivity contribution is 5.54. The van der Waals surface area contributed by atoms with Gasteiger partial charge >= 0.3 is 0 Å². The number of methoxy groups -OCH3 is 3.